The Labute approximate surface area is 105 Å². The van der Waals surface area contributed by atoms with Gasteiger partial charge in [0.05, 0.1) is 0 Å². The fraction of sp³-hybridized carbons (Fsp3) is 0.500. The van der Waals surface area contributed by atoms with E-state index in [4.69, 9.17) is 0 Å². The van der Waals surface area contributed by atoms with E-state index in [1.807, 2.05) is 0 Å². The van der Waals surface area contributed by atoms with E-state index in [1.165, 1.54) is 14.9 Å². The quantitative estimate of drug-likeness (QED) is 0.842. The molecule has 0 amide bonds. The monoisotopic (exact) mass is 287 g/mol. The second-order valence-corrected chi connectivity index (χ2v) is 6.27. The lowest BCUT2D eigenvalue weighted by Crippen LogP contribution is -2.35. The van der Waals surface area contributed by atoms with Gasteiger partial charge in [-0.3, -0.25) is 0 Å². The molecule has 1 aromatic carbocycles. The normalized spacial score (nSPS) is 11.8. The van der Waals surface area contributed by atoms with Crippen LogP contribution in [0.15, 0.2) is 27.6 Å². The summed E-state index contributed by atoms with van der Waals surface area (Å²) in [5.74, 6) is 0. The highest BCUT2D eigenvalue weighted by Gasteiger charge is 2.08. The molecule has 0 unspecified atom stereocenters. The van der Waals surface area contributed by atoms with Crippen LogP contribution < -0.4 is 5.32 Å². The third kappa shape index (κ3) is 4.58. The number of hydrogen-bond donors (Lipinski definition) is 1. The second-order valence-electron chi connectivity index (χ2n) is 4.57. The van der Waals surface area contributed by atoms with Crippen molar-refractivity contribution in [3.05, 3.63) is 28.2 Å². The molecule has 0 aliphatic carbocycles. The summed E-state index contributed by atoms with van der Waals surface area (Å²) in [6.45, 7) is 7.45. The van der Waals surface area contributed by atoms with Crippen molar-refractivity contribution in [1.29, 1.82) is 0 Å². The molecule has 0 aromatic heterocycles. The van der Waals surface area contributed by atoms with E-state index in [1.54, 1.807) is 11.8 Å². The van der Waals surface area contributed by atoms with Crippen molar-refractivity contribution in [1.82, 2.24) is 5.32 Å². The van der Waals surface area contributed by atoms with Gasteiger partial charge in [0.15, 0.2) is 0 Å². The minimum Gasteiger partial charge on any atom is -0.308 e. The van der Waals surface area contributed by atoms with Crippen LogP contribution in [0, 0.1) is 0 Å². The maximum atomic E-state index is 3.58. The highest BCUT2D eigenvalue weighted by atomic mass is 79.9. The lowest BCUT2D eigenvalue weighted by atomic mass is 10.1. The van der Waals surface area contributed by atoms with Gasteiger partial charge in [-0.2, -0.15) is 0 Å². The topological polar surface area (TPSA) is 12.0 Å². The Kier molecular flexibility index (Phi) is 4.68. The number of rotatable bonds is 3. The highest BCUT2D eigenvalue weighted by Crippen LogP contribution is 2.26. The molecule has 0 aliphatic heterocycles. The van der Waals surface area contributed by atoms with Crippen molar-refractivity contribution in [3.8, 4) is 0 Å². The first-order valence-electron chi connectivity index (χ1n) is 5.00. The molecule has 0 heterocycles. The molecule has 15 heavy (non-hydrogen) atoms. The van der Waals surface area contributed by atoms with Gasteiger partial charge in [0.25, 0.3) is 0 Å². The summed E-state index contributed by atoms with van der Waals surface area (Å²) in [6.07, 6.45) is 2.09. The fourth-order valence-corrected chi connectivity index (χ4v) is 2.56. The van der Waals surface area contributed by atoms with Crippen LogP contribution in [0.4, 0.5) is 0 Å². The van der Waals surface area contributed by atoms with Gasteiger partial charge >= 0.3 is 0 Å². The molecule has 3 heteroatoms. The lowest BCUT2D eigenvalue weighted by molar-refractivity contribution is 0.424. The van der Waals surface area contributed by atoms with Crippen LogP contribution in [0.3, 0.4) is 0 Å². The Morgan fingerprint density at radius 1 is 1.33 bits per heavy atom. The number of benzene rings is 1. The zero-order chi connectivity index (χ0) is 11.5. The Hall–Kier alpha value is 0.01000. The largest absolute Gasteiger partial charge is 0.308 e. The molecular formula is C12H18BrNS. The molecule has 84 valence electrons. The van der Waals surface area contributed by atoms with Crippen LogP contribution in [0.1, 0.15) is 26.3 Å². The molecule has 0 saturated heterocycles. The third-order valence-electron chi connectivity index (χ3n) is 2.04. The smallest absolute Gasteiger partial charge is 0.0314 e. The zero-order valence-electron chi connectivity index (χ0n) is 9.73. The summed E-state index contributed by atoms with van der Waals surface area (Å²) in [5, 5.41) is 3.48. The average Bonchev–Trinajstić information content (AvgIpc) is 2.14. The van der Waals surface area contributed by atoms with Crippen molar-refractivity contribution in [2.75, 3.05) is 6.26 Å². The highest BCUT2D eigenvalue weighted by molar-refractivity contribution is 9.10. The van der Waals surface area contributed by atoms with Crippen LogP contribution in [0.5, 0.6) is 0 Å². The SMILES string of the molecule is CSc1ccc(CNC(C)(C)C)cc1Br. The number of thioether (sulfide) groups is 1. The molecule has 0 radical (unpaired) electrons. The molecule has 0 aliphatic rings. The molecule has 0 fully saturated rings. The Morgan fingerprint density at radius 3 is 2.47 bits per heavy atom. The summed E-state index contributed by atoms with van der Waals surface area (Å²) in [7, 11) is 0. The van der Waals surface area contributed by atoms with Gasteiger partial charge in [-0.05, 0) is 60.7 Å². The number of nitrogens with one attached hydrogen (secondary N) is 1. The van der Waals surface area contributed by atoms with Crippen LogP contribution in [-0.2, 0) is 6.54 Å². The first-order valence-corrected chi connectivity index (χ1v) is 7.01. The standard InChI is InChI=1S/C12H18BrNS/c1-12(2,3)14-8-9-5-6-11(15-4)10(13)7-9/h5-7,14H,8H2,1-4H3. The van der Waals surface area contributed by atoms with Gasteiger partial charge in [0, 0.05) is 21.5 Å². The molecular weight excluding hydrogens is 270 g/mol. The predicted octanol–water partition coefficient (Wildman–Crippen LogP) is 4.06. The first kappa shape index (κ1) is 13.1. The van der Waals surface area contributed by atoms with Crippen LogP contribution in [0.2, 0.25) is 0 Å². The van der Waals surface area contributed by atoms with Crippen LogP contribution in [0.25, 0.3) is 0 Å². The van der Waals surface area contributed by atoms with E-state index in [9.17, 15) is 0 Å². The van der Waals surface area contributed by atoms with E-state index in [-0.39, 0.29) is 5.54 Å². The van der Waals surface area contributed by atoms with E-state index >= 15 is 0 Å². The van der Waals surface area contributed by atoms with Crippen LogP contribution >= 0.6 is 27.7 Å². The lowest BCUT2D eigenvalue weighted by Gasteiger charge is -2.20. The van der Waals surface area contributed by atoms with Crippen molar-refractivity contribution in [3.63, 3.8) is 0 Å². The molecule has 0 saturated carbocycles. The zero-order valence-corrected chi connectivity index (χ0v) is 12.1. The third-order valence-corrected chi connectivity index (χ3v) is 3.75. The van der Waals surface area contributed by atoms with Gasteiger partial charge in [0.1, 0.15) is 0 Å². The van der Waals surface area contributed by atoms with Gasteiger partial charge in [0.2, 0.25) is 0 Å². The minimum atomic E-state index is 0.171. The first-order chi connectivity index (χ1) is 6.92. The minimum absolute atomic E-state index is 0.171. The van der Waals surface area contributed by atoms with E-state index in [0.29, 0.717) is 0 Å². The Balaban J connectivity index is 2.68. The summed E-state index contributed by atoms with van der Waals surface area (Å²) < 4.78 is 1.18. The summed E-state index contributed by atoms with van der Waals surface area (Å²) in [4.78, 5) is 1.29. The maximum Gasteiger partial charge on any atom is 0.0314 e. The van der Waals surface area contributed by atoms with Gasteiger partial charge < -0.3 is 5.32 Å². The molecule has 0 bridgehead atoms. The summed E-state index contributed by atoms with van der Waals surface area (Å²) in [6, 6.07) is 6.52. The fourth-order valence-electron chi connectivity index (χ4n) is 1.19. The van der Waals surface area contributed by atoms with E-state index in [2.05, 4.69) is 66.5 Å². The molecule has 1 nitrogen and oxygen atoms in total. The average molecular weight is 288 g/mol. The Bertz CT molecular complexity index is 331. The van der Waals surface area contributed by atoms with Gasteiger partial charge in [-0.25, -0.2) is 0 Å². The van der Waals surface area contributed by atoms with Gasteiger partial charge in [-0.1, -0.05) is 6.07 Å². The summed E-state index contributed by atoms with van der Waals surface area (Å²) >= 11 is 5.34. The van der Waals surface area contributed by atoms with Crippen molar-refractivity contribution < 1.29 is 0 Å². The second kappa shape index (κ2) is 5.37. The van der Waals surface area contributed by atoms with E-state index < -0.39 is 0 Å². The van der Waals surface area contributed by atoms with Gasteiger partial charge in [-0.15, -0.1) is 11.8 Å². The molecule has 0 spiro atoms. The number of halogens is 1. The van der Waals surface area contributed by atoms with Crippen molar-refractivity contribution >= 4 is 27.7 Å². The number of hydrogen-bond acceptors (Lipinski definition) is 2. The van der Waals surface area contributed by atoms with Crippen molar-refractivity contribution in [2.45, 2.75) is 37.8 Å². The Morgan fingerprint density at radius 2 is 2.00 bits per heavy atom. The van der Waals surface area contributed by atoms with E-state index in [0.717, 1.165) is 6.54 Å². The van der Waals surface area contributed by atoms with Crippen LogP contribution in [-0.4, -0.2) is 11.8 Å². The molecule has 1 aromatic rings. The molecule has 1 N–H and O–H groups in total. The maximum absolute atomic E-state index is 3.58. The molecule has 1 rings (SSSR count). The summed E-state index contributed by atoms with van der Waals surface area (Å²) in [5.41, 5.74) is 1.49. The van der Waals surface area contributed by atoms with Crippen molar-refractivity contribution in [2.24, 2.45) is 0 Å². The molecule has 0 atom stereocenters. The predicted molar refractivity (Wildman–Crippen MR) is 72.5 cm³/mol.